The SMILES string of the molecule is CC1CC(C)CC(C(O)c2cc3c(s2)CCCCC3)C1. The van der Waals surface area contributed by atoms with E-state index in [1.165, 1.54) is 56.2 Å². The second kappa shape index (κ2) is 6.19. The lowest BCUT2D eigenvalue weighted by atomic mass is 9.74. The van der Waals surface area contributed by atoms with Gasteiger partial charge in [0.25, 0.3) is 0 Å². The zero-order chi connectivity index (χ0) is 14.1. The van der Waals surface area contributed by atoms with Crippen molar-refractivity contribution in [3.63, 3.8) is 0 Å². The molecule has 1 aromatic heterocycles. The van der Waals surface area contributed by atoms with Gasteiger partial charge in [-0.15, -0.1) is 11.3 Å². The van der Waals surface area contributed by atoms with Gasteiger partial charge in [-0.3, -0.25) is 0 Å². The number of aliphatic hydroxyl groups excluding tert-OH is 1. The summed E-state index contributed by atoms with van der Waals surface area (Å²) in [6, 6.07) is 2.33. The van der Waals surface area contributed by atoms with Crippen molar-refractivity contribution in [2.24, 2.45) is 17.8 Å². The van der Waals surface area contributed by atoms with Crippen LogP contribution < -0.4 is 0 Å². The molecule has 1 fully saturated rings. The van der Waals surface area contributed by atoms with Gasteiger partial charge in [0.2, 0.25) is 0 Å². The molecule has 2 heteroatoms. The van der Waals surface area contributed by atoms with Crippen molar-refractivity contribution in [2.75, 3.05) is 0 Å². The molecule has 0 aliphatic heterocycles. The third-order valence-corrected chi connectivity index (χ3v) is 6.53. The Morgan fingerprint density at radius 3 is 2.50 bits per heavy atom. The number of hydrogen-bond acceptors (Lipinski definition) is 2. The lowest BCUT2D eigenvalue weighted by Crippen LogP contribution is -2.24. The quantitative estimate of drug-likeness (QED) is 0.750. The van der Waals surface area contributed by atoms with E-state index >= 15 is 0 Å². The first-order valence-electron chi connectivity index (χ1n) is 8.43. The van der Waals surface area contributed by atoms with Gasteiger partial charge in [-0.25, -0.2) is 0 Å². The topological polar surface area (TPSA) is 20.2 Å². The predicted octanol–water partition coefficient (Wildman–Crippen LogP) is 5.12. The molecule has 1 aromatic rings. The molecule has 20 heavy (non-hydrogen) atoms. The largest absolute Gasteiger partial charge is 0.387 e. The van der Waals surface area contributed by atoms with E-state index in [1.54, 1.807) is 10.4 Å². The minimum atomic E-state index is -0.211. The van der Waals surface area contributed by atoms with Gasteiger partial charge < -0.3 is 5.11 Å². The number of aryl methyl sites for hydroxylation is 2. The number of thiophene rings is 1. The highest BCUT2D eigenvalue weighted by atomic mass is 32.1. The number of rotatable bonds is 2. The van der Waals surface area contributed by atoms with Crippen LogP contribution in [0.1, 0.15) is 73.8 Å². The zero-order valence-corrected chi connectivity index (χ0v) is 13.7. The third kappa shape index (κ3) is 3.12. The molecule has 2 aliphatic rings. The van der Waals surface area contributed by atoms with E-state index in [4.69, 9.17) is 0 Å². The standard InChI is InChI=1S/C18H28OS/c1-12-8-13(2)10-15(9-12)18(19)17-11-14-6-4-3-5-7-16(14)20-17/h11-13,15,18-19H,3-10H2,1-2H3. The van der Waals surface area contributed by atoms with Gasteiger partial charge in [0.05, 0.1) is 6.10 Å². The summed E-state index contributed by atoms with van der Waals surface area (Å²) in [5.74, 6) is 2.03. The molecule has 1 heterocycles. The van der Waals surface area contributed by atoms with Crippen LogP contribution in [0.25, 0.3) is 0 Å². The summed E-state index contributed by atoms with van der Waals surface area (Å²) in [5.41, 5.74) is 1.54. The third-order valence-electron chi connectivity index (χ3n) is 5.22. The Hall–Kier alpha value is -0.340. The van der Waals surface area contributed by atoms with Crippen molar-refractivity contribution in [1.29, 1.82) is 0 Å². The minimum Gasteiger partial charge on any atom is -0.387 e. The van der Waals surface area contributed by atoms with Gasteiger partial charge in [-0.1, -0.05) is 20.3 Å². The Morgan fingerprint density at radius 1 is 1.05 bits per heavy atom. The average molecular weight is 292 g/mol. The van der Waals surface area contributed by atoms with E-state index in [0.29, 0.717) is 5.92 Å². The van der Waals surface area contributed by atoms with Gasteiger partial charge in [0, 0.05) is 9.75 Å². The van der Waals surface area contributed by atoms with E-state index in [9.17, 15) is 5.11 Å². The van der Waals surface area contributed by atoms with Crippen LogP contribution in [-0.4, -0.2) is 5.11 Å². The fourth-order valence-corrected chi connectivity index (χ4v) is 5.67. The fraction of sp³-hybridized carbons (Fsp3) is 0.778. The van der Waals surface area contributed by atoms with Gasteiger partial charge in [-0.2, -0.15) is 0 Å². The normalized spacial score (nSPS) is 32.5. The summed E-state index contributed by atoms with van der Waals surface area (Å²) < 4.78 is 0. The van der Waals surface area contributed by atoms with Gasteiger partial charge in [-0.05, 0) is 74.3 Å². The van der Waals surface area contributed by atoms with E-state index < -0.39 is 0 Å². The number of fused-ring (bicyclic) bond motifs is 1. The molecule has 0 saturated heterocycles. The maximum atomic E-state index is 10.8. The lowest BCUT2D eigenvalue weighted by molar-refractivity contribution is 0.0576. The monoisotopic (exact) mass is 292 g/mol. The highest BCUT2D eigenvalue weighted by Crippen LogP contribution is 2.42. The molecule has 0 aromatic carbocycles. The molecule has 1 saturated carbocycles. The Morgan fingerprint density at radius 2 is 1.75 bits per heavy atom. The predicted molar refractivity (Wildman–Crippen MR) is 86.2 cm³/mol. The number of hydrogen-bond donors (Lipinski definition) is 1. The van der Waals surface area contributed by atoms with Crippen molar-refractivity contribution in [3.8, 4) is 0 Å². The summed E-state index contributed by atoms with van der Waals surface area (Å²) in [6.45, 7) is 4.69. The zero-order valence-electron chi connectivity index (χ0n) is 12.9. The summed E-state index contributed by atoms with van der Waals surface area (Å²) in [4.78, 5) is 2.82. The Bertz CT molecular complexity index is 417. The first-order chi connectivity index (χ1) is 9.63. The second-order valence-electron chi connectivity index (χ2n) is 7.28. The van der Waals surface area contributed by atoms with E-state index in [2.05, 4.69) is 19.9 Å². The Labute approximate surface area is 127 Å². The summed E-state index contributed by atoms with van der Waals surface area (Å²) in [5, 5.41) is 10.8. The maximum absolute atomic E-state index is 10.8. The van der Waals surface area contributed by atoms with Crippen LogP contribution in [-0.2, 0) is 12.8 Å². The molecule has 3 unspecified atom stereocenters. The van der Waals surface area contributed by atoms with Crippen molar-refractivity contribution in [3.05, 3.63) is 21.4 Å². The van der Waals surface area contributed by atoms with Gasteiger partial charge in [0.1, 0.15) is 0 Å². The Balaban J connectivity index is 1.75. The second-order valence-corrected chi connectivity index (χ2v) is 8.45. The molecule has 0 bridgehead atoms. The molecule has 3 rings (SSSR count). The van der Waals surface area contributed by atoms with E-state index in [1.807, 2.05) is 11.3 Å². The molecule has 0 radical (unpaired) electrons. The van der Waals surface area contributed by atoms with Crippen LogP contribution in [0.3, 0.4) is 0 Å². The molecule has 3 atom stereocenters. The molecule has 0 spiro atoms. The van der Waals surface area contributed by atoms with Gasteiger partial charge >= 0.3 is 0 Å². The average Bonchev–Trinajstić information content (AvgIpc) is 2.68. The molecule has 1 N–H and O–H groups in total. The van der Waals surface area contributed by atoms with Crippen LogP contribution in [0.2, 0.25) is 0 Å². The highest BCUT2D eigenvalue weighted by molar-refractivity contribution is 7.12. The summed E-state index contributed by atoms with van der Waals surface area (Å²) in [6.07, 6.45) is 10.0. The fourth-order valence-electron chi connectivity index (χ4n) is 4.34. The number of aliphatic hydroxyl groups is 1. The molecule has 0 amide bonds. The van der Waals surface area contributed by atoms with Crippen molar-refractivity contribution in [2.45, 2.75) is 71.3 Å². The highest BCUT2D eigenvalue weighted by Gasteiger charge is 2.31. The van der Waals surface area contributed by atoms with Crippen LogP contribution in [0.4, 0.5) is 0 Å². The lowest BCUT2D eigenvalue weighted by Gasteiger charge is -2.34. The molecular weight excluding hydrogens is 264 g/mol. The first kappa shape index (κ1) is 14.6. The summed E-state index contributed by atoms with van der Waals surface area (Å²) in [7, 11) is 0. The molecule has 112 valence electrons. The minimum absolute atomic E-state index is 0.211. The van der Waals surface area contributed by atoms with Crippen LogP contribution in [0.5, 0.6) is 0 Å². The summed E-state index contributed by atoms with van der Waals surface area (Å²) >= 11 is 1.90. The van der Waals surface area contributed by atoms with Crippen LogP contribution in [0, 0.1) is 17.8 Å². The molecule has 2 aliphatic carbocycles. The Kier molecular flexibility index (Phi) is 4.52. The first-order valence-corrected chi connectivity index (χ1v) is 9.24. The van der Waals surface area contributed by atoms with Crippen LogP contribution in [0.15, 0.2) is 6.07 Å². The van der Waals surface area contributed by atoms with E-state index in [-0.39, 0.29) is 6.10 Å². The maximum Gasteiger partial charge on any atom is 0.0910 e. The van der Waals surface area contributed by atoms with Crippen molar-refractivity contribution < 1.29 is 5.11 Å². The molecule has 1 nitrogen and oxygen atoms in total. The van der Waals surface area contributed by atoms with E-state index in [0.717, 1.165) is 11.8 Å². The van der Waals surface area contributed by atoms with Crippen molar-refractivity contribution in [1.82, 2.24) is 0 Å². The van der Waals surface area contributed by atoms with Gasteiger partial charge in [0.15, 0.2) is 0 Å². The molecular formula is C18H28OS. The smallest absolute Gasteiger partial charge is 0.0910 e. The van der Waals surface area contributed by atoms with Crippen molar-refractivity contribution >= 4 is 11.3 Å². The van der Waals surface area contributed by atoms with Crippen LogP contribution >= 0.6 is 11.3 Å².